The van der Waals surface area contributed by atoms with Crippen LogP contribution < -0.4 is 14.8 Å². The van der Waals surface area contributed by atoms with Gasteiger partial charge in [-0.25, -0.2) is 4.98 Å². The average molecular weight is 368 g/mol. The van der Waals surface area contributed by atoms with Crippen molar-refractivity contribution in [1.29, 1.82) is 0 Å². The molecular formula is C19H20N4O4. The molecule has 1 amide bonds. The van der Waals surface area contributed by atoms with Crippen LogP contribution in [0.5, 0.6) is 11.6 Å². The van der Waals surface area contributed by atoms with Crippen molar-refractivity contribution in [2.75, 3.05) is 26.6 Å². The fraction of sp³-hybridized carbons (Fsp3) is 0.316. The van der Waals surface area contributed by atoms with E-state index in [1.165, 1.54) is 14.2 Å². The van der Waals surface area contributed by atoms with Gasteiger partial charge in [-0.15, -0.1) is 0 Å². The molecule has 1 aliphatic rings. The van der Waals surface area contributed by atoms with Gasteiger partial charge in [0.15, 0.2) is 0 Å². The average Bonchev–Trinajstić information content (AvgIpc) is 3.39. The molecule has 4 rings (SSSR count). The largest absolute Gasteiger partial charge is 0.496 e. The number of aromatic nitrogens is 3. The number of nitrogens with one attached hydrogen (secondary N) is 1. The fourth-order valence-corrected chi connectivity index (χ4v) is 3.03. The molecule has 1 N–H and O–H groups in total. The zero-order chi connectivity index (χ0) is 19.0. The number of imidazole rings is 1. The second kappa shape index (κ2) is 6.55. The van der Waals surface area contributed by atoms with Crippen molar-refractivity contribution >= 4 is 17.4 Å². The van der Waals surface area contributed by atoms with Gasteiger partial charge in [0.1, 0.15) is 22.8 Å². The molecule has 0 unspecified atom stereocenters. The van der Waals surface area contributed by atoms with E-state index in [4.69, 9.17) is 14.2 Å². The van der Waals surface area contributed by atoms with Crippen molar-refractivity contribution in [3.63, 3.8) is 0 Å². The number of hydrogen-bond donors (Lipinski definition) is 1. The van der Waals surface area contributed by atoms with Gasteiger partial charge >= 0.3 is 0 Å². The number of ether oxygens (including phenoxy) is 3. The van der Waals surface area contributed by atoms with E-state index in [0.29, 0.717) is 28.7 Å². The maximum Gasteiger partial charge on any atom is 0.262 e. The molecule has 1 fully saturated rings. The van der Waals surface area contributed by atoms with Gasteiger partial charge in [0, 0.05) is 31.6 Å². The summed E-state index contributed by atoms with van der Waals surface area (Å²) in [6.45, 7) is 0. The number of methoxy groups -OCH3 is 3. The first-order valence-electron chi connectivity index (χ1n) is 8.53. The number of carbonyl (C=O) groups excluding carboxylic acids is 1. The van der Waals surface area contributed by atoms with Crippen LogP contribution >= 0.6 is 0 Å². The van der Waals surface area contributed by atoms with E-state index in [1.807, 2.05) is 10.6 Å². The smallest absolute Gasteiger partial charge is 0.262 e. The number of fused-ring (bicyclic) bond motifs is 1. The van der Waals surface area contributed by atoms with E-state index in [1.54, 1.807) is 37.6 Å². The molecule has 0 aliphatic heterocycles. The van der Waals surface area contributed by atoms with Gasteiger partial charge in [-0.3, -0.25) is 4.79 Å². The molecule has 8 heteroatoms. The topological polar surface area (TPSA) is 87.0 Å². The van der Waals surface area contributed by atoms with Crippen LogP contribution in [0.15, 0.2) is 36.7 Å². The minimum absolute atomic E-state index is 0.299. The molecule has 0 bridgehead atoms. The summed E-state index contributed by atoms with van der Waals surface area (Å²) in [5.41, 5.74) is 1.63. The van der Waals surface area contributed by atoms with Crippen molar-refractivity contribution in [3.05, 3.63) is 47.9 Å². The first-order valence-corrected chi connectivity index (χ1v) is 8.53. The van der Waals surface area contributed by atoms with Gasteiger partial charge in [0.05, 0.1) is 25.5 Å². The summed E-state index contributed by atoms with van der Waals surface area (Å²) < 4.78 is 17.9. The number of amides is 1. The highest BCUT2D eigenvalue weighted by atomic mass is 16.5. The lowest BCUT2D eigenvalue weighted by Crippen LogP contribution is -2.15. The molecule has 140 valence electrons. The molecule has 3 aromatic heterocycles. The van der Waals surface area contributed by atoms with Crippen LogP contribution in [0.1, 0.15) is 28.9 Å². The first-order chi connectivity index (χ1) is 13.1. The highest BCUT2D eigenvalue weighted by Crippen LogP contribution is 2.48. The van der Waals surface area contributed by atoms with E-state index in [-0.39, 0.29) is 11.5 Å². The Balaban J connectivity index is 1.68. The molecule has 0 aromatic carbocycles. The van der Waals surface area contributed by atoms with Gasteiger partial charge in [0.25, 0.3) is 5.91 Å². The second-order valence-electron chi connectivity index (χ2n) is 6.36. The Kier molecular flexibility index (Phi) is 4.19. The predicted molar refractivity (Wildman–Crippen MR) is 98.4 cm³/mol. The Hall–Kier alpha value is -3.13. The quantitative estimate of drug-likeness (QED) is 0.720. The fourth-order valence-electron chi connectivity index (χ4n) is 3.03. The molecule has 1 aliphatic carbocycles. The summed E-state index contributed by atoms with van der Waals surface area (Å²) in [6.07, 6.45) is 5.48. The highest BCUT2D eigenvalue weighted by Gasteiger charge is 2.47. The lowest BCUT2D eigenvalue weighted by molar-refractivity contribution is 0.0756. The van der Waals surface area contributed by atoms with E-state index in [0.717, 1.165) is 18.5 Å². The molecular weight excluding hydrogens is 348 g/mol. The van der Waals surface area contributed by atoms with E-state index < -0.39 is 0 Å². The van der Waals surface area contributed by atoms with Crippen LogP contribution in [-0.2, 0) is 10.3 Å². The third kappa shape index (κ3) is 3.08. The van der Waals surface area contributed by atoms with Crippen LogP contribution in [-0.4, -0.2) is 41.6 Å². The van der Waals surface area contributed by atoms with E-state index >= 15 is 0 Å². The van der Waals surface area contributed by atoms with Gasteiger partial charge in [-0.1, -0.05) is 6.07 Å². The monoisotopic (exact) mass is 368 g/mol. The van der Waals surface area contributed by atoms with Crippen molar-refractivity contribution < 1.29 is 19.0 Å². The molecule has 3 aromatic rings. The van der Waals surface area contributed by atoms with Crippen LogP contribution in [0, 0.1) is 0 Å². The van der Waals surface area contributed by atoms with Crippen LogP contribution in [0.4, 0.5) is 5.82 Å². The maximum atomic E-state index is 12.8. The molecule has 8 nitrogen and oxygen atoms in total. The highest BCUT2D eigenvalue weighted by molar-refractivity contribution is 6.05. The first kappa shape index (κ1) is 17.3. The zero-order valence-electron chi connectivity index (χ0n) is 15.4. The third-order valence-electron chi connectivity index (χ3n) is 4.76. The van der Waals surface area contributed by atoms with E-state index in [2.05, 4.69) is 15.3 Å². The SMILES string of the molecule is COc1cccc(NC(=O)c2cn3cc(C4(OC)CC4)nc3cc2OC)n1. The van der Waals surface area contributed by atoms with E-state index in [9.17, 15) is 4.79 Å². The third-order valence-corrected chi connectivity index (χ3v) is 4.76. The van der Waals surface area contributed by atoms with Crippen molar-refractivity contribution in [2.45, 2.75) is 18.4 Å². The normalized spacial score (nSPS) is 14.8. The summed E-state index contributed by atoms with van der Waals surface area (Å²) in [6, 6.07) is 6.89. The van der Waals surface area contributed by atoms with Crippen molar-refractivity contribution in [2.24, 2.45) is 0 Å². The van der Waals surface area contributed by atoms with Crippen LogP contribution in [0.25, 0.3) is 5.65 Å². The molecule has 0 spiro atoms. The number of pyridine rings is 2. The zero-order valence-corrected chi connectivity index (χ0v) is 15.4. The Bertz CT molecular complexity index is 1010. The summed E-state index contributed by atoms with van der Waals surface area (Å²) in [4.78, 5) is 21.6. The maximum absolute atomic E-state index is 12.8. The predicted octanol–water partition coefficient (Wildman–Crippen LogP) is 2.63. The van der Waals surface area contributed by atoms with Crippen LogP contribution in [0.3, 0.4) is 0 Å². The molecule has 1 saturated carbocycles. The van der Waals surface area contributed by atoms with Gasteiger partial charge < -0.3 is 23.9 Å². The number of nitrogens with zero attached hydrogens (tertiary/aromatic N) is 3. The summed E-state index contributed by atoms with van der Waals surface area (Å²) in [7, 11) is 4.74. The minimum Gasteiger partial charge on any atom is -0.496 e. The molecule has 0 saturated heterocycles. The lowest BCUT2D eigenvalue weighted by Gasteiger charge is -2.10. The van der Waals surface area contributed by atoms with Gasteiger partial charge in [0.2, 0.25) is 5.88 Å². The Labute approximate surface area is 156 Å². The van der Waals surface area contributed by atoms with Crippen molar-refractivity contribution in [3.8, 4) is 11.6 Å². The molecule has 0 radical (unpaired) electrons. The number of carbonyl (C=O) groups is 1. The number of anilines is 1. The van der Waals surface area contributed by atoms with Crippen molar-refractivity contribution in [1.82, 2.24) is 14.4 Å². The van der Waals surface area contributed by atoms with Gasteiger partial charge in [-0.05, 0) is 18.9 Å². The number of rotatable bonds is 6. The summed E-state index contributed by atoms with van der Waals surface area (Å²) >= 11 is 0. The molecule has 27 heavy (non-hydrogen) atoms. The minimum atomic E-state index is -0.336. The van der Waals surface area contributed by atoms with Gasteiger partial charge in [-0.2, -0.15) is 4.98 Å². The molecule has 3 heterocycles. The Morgan fingerprint density at radius 1 is 1.15 bits per heavy atom. The Morgan fingerprint density at radius 3 is 2.63 bits per heavy atom. The Morgan fingerprint density at radius 2 is 1.96 bits per heavy atom. The standard InChI is InChI=1S/C19H20N4O4/c1-25-13-9-16-20-14(19(27-3)7-8-19)11-23(16)10-12(13)18(24)22-15-5-4-6-17(21-15)26-2/h4-6,9-11H,7-8H2,1-3H3,(H,21,22,24). The number of hydrogen-bond acceptors (Lipinski definition) is 6. The summed E-state index contributed by atoms with van der Waals surface area (Å²) in [5.74, 6) is 0.910. The second-order valence-corrected chi connectivity index (χ2v) is 6.36. The van der Waals surface area contributed by atoms with Crippen LogP contribution in [0.2, 0.25) is 0 Å². The summed E-state index contributed by atoms with van der Waals surface area (Å²) in [5, 5.41) is 2.76. The molecule has 0 atom stereocenters. The lowest BCUT2D eigenvalue weighted by atomic mass is 10.2.